The van der Waals surface area contributed by atoms with Crippen LogP contribution in [0.3, 0.4) is 0 Å². The van der Waals surface area contributed by atoms with Crippen LogP contribution >= 0.6 is 0 Å². The van der Waals surface area contributed by atoms with Gasteiger partial charge in [0.1, 0.15) is 5.82 Å². The fraction of sp³-hybridized carbons (Fsp3) is 0.600. The van der Waals surface area contributed by atoms with Crippen molar-refractivity contribution in [2.24, 2.45) is 0 Å². The second kappa shape index (κ2) is 6.30. The molecule has 1 saturated heterocycles. The van der Waals surface area contributed by atoms with Gasteiger partial charge in [-0.2, -0.15) is 0 Å². The highest BCUT2D eigenvalue weighted by atomic mass is 15.2. The zero-order valence-electron chi connectivity index (χ0n) is 12.8. The number of likely N-dealkylation sites (N-methyl/N-ethyl adjacent to an activating group) is 1. The quantitative estimate of drug-likeness (QED) is 0.852. The van der Waals surface area contributed by atoms with Crippen LogP contribution in [0.5, 0.6) is 0 Å². The van der Waals surface area contributed by atoms with Crippen molar-refractivity contribution >= 4 is 17.3 Å². The van der Waals surface area contributed by atoms with Gasteiger partial charge >= 0.3 is 0 Å². The first kappa shape index (κ1) is 14.1. The van der Waals surface area contributed by atoms with Crippen LogP contribution in [0.4, 0.5) is 11.6 Å². The van der Waals surface area contributed by atoms with Gasteiger partial charge in [-0.25, -0.2) is 9.97 Å². The third-order valence-electron chi connectivity index (χ3n) is 4.14. The standard InChI is InChI=1S/C15H24N6/c1-3-16-13-11-21-9-7-17-15(21)14(19-13)18-10-12-6-5-8-20(12)4-2/h7,9,11-12,16H,3-6,8,10H2,1-2H3,(H,18,19). The number of fused-ring (bicyclic) bond motifs is 1. The minimum atomic E-state index is 0.606. The van der Waals surface area contributed by atoms with Crippen molar-refractivity contribution in [3.05, 3.63) is 18.6 Å². The molecule has 3 rings (SSSR count). The molecular formula is C15H24N6. The highest BCUT2D eigenvalue weighted by molar-refractivity contribution is 5.65. The number of hydrogen-bond donors (Lipinski definition) is 2. The number of anilines is 2. The Hall–Kier alpha value is -1.82. The predicted octanol–water partition coefficient (Wildman–Crippen LogP) is 2.06. The van der Waals surface area contributed by atoms with Gasteiger partial charge in [0.15, 0.2) is 11.5 Å². The van der Waals surface area contributed by atoms with E-state index in [4.69, 9.17) is 0 Å². The molecule has 114 valence electrons. The van der Waals surface area contributed by atoms with E-state index < -0.39 is 0 Å². The Morgan fingerprint density at radius 3 is 3.05 bits per heavy atom. The zero-order chi connectivity index (χ0) is 14.7. The predicted molar refractivity (Wildman–Crippen MR) is 85.9 cm³/mol. The minimum absolute atomic E-state index is 0.606. The number of likely N-dealkylation sites (tertiary alicyclic amines) is 1. The molecule has 0 aromatic carbocycles. The summed E-state index contributed by atoms with van der Waals surface area (Å²) in [6.07, 6.45) is 8.30. The number of hydrogen-bond acceptors (Lipinski definition) is 5. The molecule has 0 spiro atoms. The van der Waals surface area contributed by atoms with E-state index in [2.05, 4.69) is 39.3 Å². The van der Waals surface area contributed by atoms with E-state index in [-0.39, 0.29) is 0 Å². The summed E-state index contributed by atoms with van der Waals surface area (Å²) in [6.45, 7) is 8.43. The van der Waals surface area contributed by atoms with E-state index >= 15 is 0 Å². The van der Waals surface area contributed by atoms with Gasteiger partial charge in [0, 0.05) is 31.5 Å². The summed E-state index contributed by atoms with van der Waals surface area (Å²) in [7, 11) is 0. The Labute approximate surface area is 125 Å². The van der Waals surface area contributed by atoms with Crippen LogP contribution in [0.2, 0.25) is 0 Å². The van der Waals surface area contributed by atoms with Gasteiger partial charge in [0.05, 0.1) is 6.20 Å². The lowest BCUT2D eigenvalue weighted by Crippen LogP contribution is -2.34. The largest absolute Gasteiger partial charge is 0.369 e. The van der Waals surface area contributed by atoms with Gasteiger partial charge in [-0.3, -0.25) is 4.90 Å². The summed E-state index contributed by atoms with van der Waals surface area (Å²) in [5.41, 5.74) is 0.887. The molecule has 1 aliphatic heterocycles. The summed E-state index contributed by atoms with van der Waals surface area (Å²) in [6, 6.07) is 0.606. The fourth-order valence-electron chi connectivity index (χ4n) is 3.07. The highest BCUT2D eigenvalue weighted by Gasteiger charge is 2.23. The second-order valence-electron chi connectivity index (χ2n) is 5.47. The molecular weight excluding hydrogens is 264 g/mol. The highest BCUT2D eigenvalue weighted by Crippen LogP contribution is 2.20. The Balaban J connectivity index is 1.77. The van der Waals surface area contributed by atoms with Crippen LogP contribution in [-0.2, 0) is 0 Å². The molecule has 2 N–H and O–H groups in total. The van der Waals surface area contributed by atoms with Crippen LogP contribution in [0, 0.1) is 0 Å². The first-order chi connectivity index (χ1) is 10.3. The summed E-state index contributed by atoms with van der Waals surface area (Å²) >= 11 is 0. The molecule has 1 unspecified atom stereocenters. The van der Waals surface area contributed by atoms with Crippen molar-refractivity contribution in [3.8, 4) is 0 Å². The third-order valence-corrected chi connectivity index (χ3v) is 4.14. The van der Waals surface area contributed by atoms with Crippen molar-refractivity contribution in [3.63, 3.8) is 0 Å². The van der Waals surface area contributed by atoms with Gasteiger partial charge in [-0.15, -0.1) is 0 Å². The van der Waals surface area contributed by atoms with Crippen LogP contribution in [0.15, 0.2) is 18.6 Å². The van der Waals surface area contributed by atoms with Crippen LogP contribution < -0.4 is 10.6 Å². The Kier molecular flexibility index (Phi) is 4.24. The lowest BCUT2D eigenvalue weighted by molar-refractivity contribution is 0.277. The third kappa shape index (κ3) is 2.95. The lowest BCUT2D eigenvalue weighted by Gasteiger charge is -2.23. The average Bonchev–Trinajstić information content (AvgIpc) is 3.13. The molecule has 1 atom stereocenters. The Morgan fingerprint density at radius 2 is 2.24 bits per heavy atom. The molecule has 2 aromatic rings. The molecule has 21 heavy (non-hydrogen) atoms. The van der Waals surface area contributed by atoms with Crippen molar-refractivity contribution in [1.29, 1.82) is 0 Å². The normalized spacial score (nSPS) is 19.2. The number of imidazole rings is 1. The van der Waals surface area contributed by atoms with E-state index in [0.29, 0.717) is 6.04 Å². The minimum Gasteiger partial charge on any atom is -0.369 e. The molecule has 2 aromatic heterocycles. The van der Waals surface area contributed by atoms with Crippen molar-refractivity contribution < 1.29 is 0 Å². The van der Waals surface area contributed by atoms with Crippen molar-refractivity contribution in [1.82, 2.24) is 19.3 Å². The van der Waals surface area contributed by atoms with E-state index in [9.17, 15) is 0 Å². The van der Waals surface area contributed by atoms with Crippen molar-refractivity contribution in [2.75, 3.05) is 36.8 Å². The first-order valence-corrected chi connectivity index (χ1v) is 7.87. The van der Waals surface area contributed by atoms with Crippen LogP contribution in [-0.4, -0.2) is 51.5 Å². The topological polar surface area (TPSA) is 57.5 Å². The molecule has 0 aliphatic carbocycles. The summed E-state index contributed by atoms with van der Waals surface area (Å²) in [5, 5.41) is 6.77. The molecule has 0 bridgehead atoms. The first-order valence-electron chi connectivity index (χ1n) is 7.87. The number of nitrogens with one attached hydrogen (secondary N) is 2. The smallest absolute Gasteiger partial charge is 0.180 e. The maximum Gasteiger partial charge on any atom is 0.180 e. The van der Waals surface area contributed by atoms with Gasteiger partial charge in [0.25, 0.3) is 0 Å². The van der Waals surface area contributed by atoms with Crippen molar-refractivity contribution in [2.45, 2.75) is 32.7 Å². The van der Waals surface area contributed by atoms with Gasteiger partial charge in [-0.05, 0) is 32.9 Å². The van der Waals surface area contributed by atoms with Crippen LogP contribution in [0.1, 0.15) is 26.7 Å². The second-order valence-corrected chi connectivity index (χ2v) is 5.47. The van der Waals surface area contributed by atoms with Gasteiger partial charge in [0.2, 0.25) is 0 Å². The average molecular weight is 288 g/mol. The molecule has 6 heteroatoms. The number of aromatic nitrogens is 3. The molecule has 1 aliphatic rings. The monoisotopic (exact) mass is 288 g/mol. The summed E-state index contributed by atoms with van der Waals surface area (Å²) < 4.78 is 2.01. The SMILES string of the molecule is CCNc1cn2ccnc2c(NCC2CCCN2CC)n1. The van der Waals surface area contributed by atoms with E-state index in [1.807, 2.05) is 23.0 Å². The Morgan fingerprint density at radius 1 is 1.33 bits per heavy atom. The molecule has 0 amide bonds. The van der Waals surface area contributed by atoms with Crippen LogP contribution in [0.25, 0.3) is 5.65 Å². The van der Waals surface area contributed by atoms with E-state index in [1.54, 1.807) is 0 Å². The summed E-state index contributed by atoms with van der Waals surface area (Å²) in [5.74, 6) is 1.74. The lowest BCUT2D eigenvalue weighted by atomic mass is 10.2. The number of nitrogens with zero attached hydrogens (tertiary/aromatic N) is 4. The molecule has 3 heterocycles. The van der Waals surface area contributed by atoms with E-state index in [0.717, 1.165) is 36.9 Å². The van der Waals surface area contributed by atoms with E-state index in [1.165, 1.54) is 19.4 Å². The summed E-state index contributed by atoms with van der Waals surface area (Å²) in [4.78, 5) is 11.6. The Bertz CT molecular complexity index is 593. The molecule has 0 saturated carbocycles. The molecule has 1 fully saturated rings. The maximum atomic E-state index is 4.65. The van der Waals surface area contributed by atoms with Gasteiger partial charge in [-0.1, -0.05) is 6.92 Å². The maximum absolute atomic E-state index is 4.65. The fourth-order valence-corrected chi connectivity index (χ4v) is 3.07. The zero-order valence-corrected chi connectivity index (χ0v) is 12.8. The number of rotatable bonds is 6. The molecule has 0 radical (unpaired) electrons. The molecule has 6 nitrogen and oxygen atoms in total. The van der Waals surface area contributed by atoms with Gasteiger partial charge < -0.3 is 15.0 Å².